The van der Waals surface area contributed by atoms with Crippen LogP contribution in [0.2, 0.25) is 0 Å². The van der Waals surface area contributed by atoms with Gasteiger partial charge in [0.25, 0.3) is 0 Å². The number of carboxylic acids is 2. The van der Waals surface area contributed by atoms with Crippen LogP contribution in [-0.4, -0.2) is 64.0 Å². The number of hydrogen-bond acceptors (Lipinski definition) is 6. The third-order valence-electron chi connectivity index (χ3n) is 5.00. The fourth-order valence-electron chi connectivity index (χ4n) is 3.37. The van der Waals surface area contributed by atoms with E-state index in [4.69, 9.17) is 10.8 Å². The molecule has 0 saturated carbocycles. The van der Waals surface area contributed by atoms with E-state index >= 15 is 0 Å². The van der Waals surface area contributed by atoms with Crippen LogP contribution in [0.15, 0.2) is 0 Å². The minimum absolute atomic E-state index is 0.0176. The molecule has 4 unspecified atom stereocenters. The predicted molar refractivity (Wildman–Crippen MR) is 127 cm³/mol. The van der Waals surface area contributed by atoms with Gasteiger partial charge in [-0.2, -0.15) is 0 Å². The second-order valence-corrected chi connectivity index (χ2v) is 9.95. The second kappa shape index (κ2) is 15.3. The summed E-state index contributed by atoms with van der Waals surface area (Å²) >= 11 is 0. The maximum Gasteiger partial charge on any atom is 0.326 e. The molecule has 0 aliphatic rings. The van der Waals surface area contributed by atoms with E-state index in [9.17, 15) is 29.1 Å². The van der Waals surface area contributed by atoms with Crippen molar-refractivity contribution >= 4 is 29.7 Å². The van der Waals surface area contributed by atoms with Crippen molar-refractivity contribution in [3.8, 4) is 0 Å². The normalized spacial score (nSPS) is 14.9. The quantitative estimate of drug-likeness (QED) is 0.185. The van der Waals surface area contributed by atoms with E-state index in [0.717, 1.165) is 0 Å². The number of rotatable bonds is 16. The Morgan fingerprint density at radius 1 is 0.647 bits per heavy atom. The van der Waals surface area contributed by atoms with Crippen LogP contribution in [0, 0.1) is 17.8 Å². The Kier molecular flexibility index (Phi) is 14.1. The van der Waals surface area contributed by atoms with Gasteiger partial charge in [0.2, 0.25) is 17.7 Å². The van der Waals surface area contributed by atoms with Crippen LogP contribution in [-0.2, 0) is 24.0 Å². The number of amides is 3. The lowest BCUT2D eigenvalue weighted by Crippen LogP contribution is -2.57. The highest BCUT2D eigenvalue weighted by atomic mass is 16.4. The van der Waals surface area contributed by atoms with Crippen molar-refractivity contribution in [1.82, 2.24) is 16.0 Å². The first-order valence-electron chi connectivity index (χ1n) is 11.7. The minimum Gasteiger partial charge on any atom is -0.481 e. The average Bonchev–Trinajstić information content (AvgIpc) is 2.68. The van der Waals surface area contributed by atoms with Crippen molar-refractivity contribution in [3.63, 3.8) is 0 Å². The van der Waals surface area contributed by atoms with E-state index < -0.39 is 53.8 Å². The first-order valence-corrected chi connectivity index (χ1v) is 11.7. The van der Waals surface area contributed by atoms with Gasteiger partial charge in [-0.05, 0) is 43.4 Å². The van der Waals surface area contributed by atoms with Crippen molar-refractivity contribution in [1.29, 1.82) is 0 Å². The zero-order chi connectivity index (χ0) is 26.6. The maximum atomic E-state index is 13.0. The molecule has 3 amide bonds. The Labute approximate surface area is 201 Å². The molecule has 11 heteroatoms. The van der Waals surface area contributed by atoms with Gasteiger partial charge in [0.05, 0.1) is 6.04 Å². The van der Waals surface area contributed by atoms with E-state index in [2.05, 4.69) is 16.0 Å². The van der Waals surface area contributed by atoms with Crippen LogP contribution >= 0.6 is 0 Å². The minimum atomic E-state index is -1.21. The largest absolute Gasteiger partial charge is 0.481 e. The fourth-order valence-corrected chi connectivity index (χ4v) is 3.37. The number of carboxylic acid groups (broad SMARTS) is 2. The van der Waals surface area contributed by atoms with Crippen molar-refractivity contribution in [3.05, 3.63) is 0 Å². The Morgan fingerprint density at radius 2 is 1.06 bits per heavy atom. The van der Waals surface area contributed by atoms with Crippen molar-refractivity contribution in [2.75, 3.05) is 0 Å². The van der Waals surface area contributed by atoms with Crippen LogP contribution in [0.4, 0.5) is 0 Å². The molecule has 196 valence electrons. The van der Waals surface area contributed by atoms with Gasteiger partial charge in [-0.25, -0.2) is 4.79 Å². The number of nitrogens with two attached hydrogens (primary N) is 1. The second-order valence-electron chi connectivity index (χ2n) is 9.95. The lowest BCUT2D eigenvalue weighted by atomic mass is 9.99. The van der Waals surface area contributed by atoms with E-state index in [1.54, 1.807) is 0 Å². The Hall–Kier alpha value is -2.69. The Morgan fingerprint density at radius 3 is 1.50 bits per heavy atom. The van der Waals surface area contributed by atoms with Gasteiger partial charge < -0.3 is 31.9 Å². The van der Waals surface area contributed by atoms with Crippen LogP contribution in [0.1, 0.15) is 73.6 Å². The average molecular weight is 487 g/mol. The molecule has 0 aromatic carbocycles. The van der Waals surface area contributed by atoms with Crippen LogP contribution in [0.25, 0.3) is 0 Å². The highest BCUT2D eigenvalue weighted by molar-refractivity contribution is 5.94. The molecule has 0 aliphatic carbocycles. The molecule has 0 bridgehead atoms. The maximum absolute atomic E-state index is 13.0. The lowest BCUT2D eigenvalue weighted by molar-refractivity contribution is -0.143. The molecule has 0 radical (unpaired) electrons. The molecule has 0 saturated heterocycles. The number of carbonyl (C=O) groups excluding carboxylic acids is 3. The van der Waals surface area contributed by atoms with Crippen LogP contribution in [0.3, 0.4) is 0 Å². The summed E-state index contributed by atoms with van der Waals surface area (Å²) in [7, 11) is 0. The number of hydrogen-bond donors (Lipinski definition) is 6. The van der Waals surface area contributed by atoms with Crippen LogP contribution < -0.4 is 21.7 Å². The zero-order valence-electron chi connectivity index (χ0n) is 21.1. The Balaban J connectivity index is 5.56. The third-order valence-corrected chi connectivity index (χ3v) is 5.00. The molecular weight excluding hydrogens is 444 g/mol. The lowest BCUT2D eigenvalue weighted by Gasteiger charge is -2.26. The van der Waals surface area contributed by atoms with Gasteiger partial charge in [0, 0.05) is 6.42 Å². The van der Waals surface area contributed by atoms with Crippen LogP contribution in [0.5, 0.6) is 0 Å². The van der Waals surface area contributed by atoms with Gasteiger partial charge in [0.15, 0.2) is 0 Å². The monoisotopic (exact) mass is 486 g/mol. The molecule has 0 aliphatic heterocycles. The van der Waals surface area contributed by atoms with Gasteiger partial charge in [-0.3, -0.25) is 19.2 Å². The molecule has 0 heterocycles. The SMILES string of the molecule is CC(C)CC(N)C(=O)NC(CCC(=O)O)C(=O)NC(CC(C)C)C(=O)NC(CC(C)C)C(=O)O. The first-order chi connectivity index (χ1) is 15.6. The summed E-state index contributed by atoms with van der Waals surface area (Å²) in [5, 5.41) is 26.0. The molecular formula is C23H42N4O7. The highest BCUT2D eigenvalue weighted by Gasteiger charge is 2.31. The summed E-state index contributed by atoms with van der Waals surface area (Å²) in [6, 6.07) is -4.26. The molecule has 0 aromatic rings. The molecule has 11 nitrogen and oxygen atoms in total. The summed E-state index contributed by atoms with van der Waals surface area (Å²) in [6.45, 7) is 11.1. The molecule has 0 fully saturated rings. The summed E-state index contributed by atoms with van der Waals surface area (Å²) in [5.41, 5.74) is 5.88. The standard InChI is InChI=1S/C23H42N4O7/c1-12(2)9-15(24)20(30)25-16(7-8-19(28)29)21(31)26-17(10-13(3)4)22(32)27-18(23(33)34)11-14(5)6/h12-18H,7-11,24H2,1-6H3,(H,25,30)(H,26,31)(H,27,32)(H,28,29)(H,33,34). The number of carbonyl (C=O) groups is 5. The molecule has 0 spiro atoms. The molecule has 0 rings (SSSR count). The van der Waals surface area contributed by atoms with Gasteiger partial charge in [-0.1, -0.05) is 41.5 Å². The Bertz CT molecular complexity index is 709. The zero-order valence-corrected chi connectivity index (χ0v) is 21.1. The number of nitrogens with one attached hydrogen (secondary N) is 3. The fraction of sp³-hybridized carbons (Fsp3) is 0.783. The summed E-state index contributed by atoms with van der Waals surface area (Å²) < 4.78 is 0. The van der Waals surface area contributed by atoms with E-state index in [0.29, 0.717) is 6.42 Å². The topological polar surface area (TPSA) is 188 Å². The summed E-state index contributed by atoms with van der Waals surface area (Å²) in [4.78, 5) is 60.9. The summed E-state index contributed by atoms with van der Waals surface area (Å²) in [6.07, 6.45) is 0.243. The van der Waals surface area contributed by atoms with Crippen molar-refractivity contribution in [2.24, 2.45) is 23.5 Å². The van der Waals surface area contributed by atoms with Gasteiger partial charge >= 0.3 is 11.9 Å². The van der Waals surface area contributed by atoms with Crippen molar-refractivity contribution in [2.45, 2.75) is 97.8 Å². The highest BCUT2D eigenvalue weighted by Crippen LogP contribution is 2.10. The molecule has 4 atom stereocenters. The summed E-state index contributed by atoms with van der Waals surface area (Å²) in [5.74, 6) is -4.17. The molecule has 7 N–H and O–H groups in total. The smallest absolute Gasteiger partial charge is 0.326 e. The van der Waals surface area contributed by atoms with E-state index in [1.165, 1.54) is 0 Å². The van der Waals surface area contributed by atoms with Gasteiger partial charge in [0.1, 0.15) is 18.1 Å². The van der Waals surface area contributed by atoms with E-state index in [-0.39, 0.29) is 43.4 Å². The molecule has 34 heavy (non-hydrogen) atoms. The predicted octanol–water partition coefficient (Wildman–Crippen LogP) is 0.856. The van der Waals surface area contributed by atoms with E-state index in [1.807, 2.05) is 41.5 Å². The third kappa shape index (κ3) is 13.1. The molecule has 0 aromatic heterocycles. The van der Waals surface area contributed by atoms with Crippen molar-refractivity contribution < 1.29 is 34.2 Å². The first kappa shape index (κ1) is 31.3. The van der Waals surface area contributed by atoms with Gasteiger partial charge in [-0.15, -0.1) is 0 Å². The number of aliphatic carboxylic acids is 2.